The molecule has 1 amide bonds. The van der Waals surface area contributed by atoms with Gasteiger partial charge in [0.05, 0.1) is 28.9 Å². The van der Waals surface area contributed by atoms with Crippen LogP contribution >= 0.6 is 11.6 Å². The Labute approximate surface area is 271 Å². The molecule has 10 heteroatoms. The van der Waals surface area contributed by atoms with Gasteiger partial charge in [-0.05, 0) is 69.0 Å². The lowest BCUT2D eigenvalue weighted by molar-refractivity contribution is -0.143. The van der Waals surface area contributed by atoms with Crippen LogP contribution in [0.1, 0.15) is 64.4 Å². The van der Waals surface area contributed by atoms with Crippen LogP contribution in [0.2, 0.25) is 5.02 Å². The fourth-order valence-electron chi connectivity index (χ4n) is 6.25. The largest absolute Gasteiger partial charge is 0.512 e. The van der Waals surface area contributed by atoms with Gasteiger partial charge in [-0.2, -0.15) is 0 Å². The van der Waals surface area contributed by atoms with E-state index in [2.05, 4.69) is 16.4 Å². The van der Waals surface area contributed by atoms with E-state index in [0.717, 1.165) is 60.3 Å². The second-order valence-electron chi connectivity index (χ2n) is 12.7. The van der Waals surface area contributed by atoms with Gasteiger partial charge in [-0.15, -0.1) is 0 Å². The Balaban J connectivity index is 1.57. The first kappa shape index (κ1) is 34.2. The molecule has 1 unspecified atom stereocenters. The number of allylic oxidation sites excluding steroid dienone is 2. The molecule has 0 radical (unpaired) electrons. The highest BCUT2D eigenvalue weighted by Crippen LogP contribution is 2.29. The zero-order chi connectivity index (χ0) is 32.9. The maximum absolute atomic E-state index is 13.2. The number of piperazine rings is 1. The van der Waals surface area contributed by atoms with E-state index in [0.29, 0.717) is 54.4 Å². The van der Waals surface area contributed by atoms with E-state index in [-0.39, 0.29) is 17.7 Å². The Hall–Kier alpha value is -3.69. The predicted molar refractivity (Wildman–Crippen MR) is 180 cm³/mol. The molecular formula is C35H46ClN5O4. The summed E-state index contributed by atoms with van der Waals surface area (Å²) in [4.78, 5) is 33.5. The van der Waals surface area contributed by atoms with Crippen molar-refractivity contribution in [2.45, 2.75) is 72.9 Å². The van der Waals surface area contributed by atoms with Crippen LogP contribution in [0.4, 0.5) is 0 Å². The molecule has 1 fully saturated rings. The van der Waals surface area contributed by atoms with Crippen molar-refractivity contribution in [1.29, 1.82) is 5.41 Å². The quantitative estimate of drug-likeness (QED) is 0.129. The van der Waals surface area contributed by atoms with Gasteiger partial charge in [0.1, 0.15) is 17.9 Å². The van der Waals surface area contributed by atoms with Crippen molar-refractivity contribution in [3.8, 4) is 5.75 Å². The Morgan fingerprint density at radius 3 is 2.44 bits per heavy atom. The molecule has 242 valence electrons. The van der Waals surface area contributed by atoms with Gasteiger partial charge < -0.3 is 29.5 Å². The number of amides is 1. The van der Waals surface area contributed by atoms with Gasteiger partial charge in [0.25, 0.3) is 0 Å². The zero-order valence-corrected chi connectivity index (χ0v) is 28.1. The first-order valence-corrected chi connectivity index (χ1v) is 16.0. The summed E-state index contributed by atoms with van der Waals surface area (Å²) in [5.74, 6) is 1.81. The third-order valence-corrected chi connectivity index (χ3v) is 9.14. The van der Waals surface area contributed by atoms with E-state index >= 15 is 0 Å². The van der Waals surface area contributed by atoms with Crippen molar-refractivity contribution in [3.63, 3.8) is 0 Å². The SMILES string of the molecule is COc1ccc(CCc2nc3cc(/C(C(C)=N)=C(\C)O)ccc3n2CC(C)N2CCN(C(=O)C(C)(C)CCC=O)CC2)cc1Cl. The van der Waals surface area contributed by atoms with Crippen LogP contribution in [0.3, 0.4) is 0 Å². The van der Waals surface area contributed by atoms with E-state index in [1.807, 2.05) is 55.1 Å². The molecule has 3 aromatic rings. The maximum atomic E-state index is 13.2. The molecule has 2 heterocycles. The molecule has 0 aliphatic carbocycles. The van der Waals surface area contributed by atoms with Crippen molar-refractivity contribution in [2.24, 2.45) is 5.41 Å². The lowest BCUT2D eigenvalue weighted by Crippen LogP contribution is -2.54. The van der Waals surface area contributed by atoms with Crippen LogP contribution in [-0.4, -0.2) is 81.7 Å². The Kier molecular flexibility index (Phi) is 11.1. The van der Waals surface area contributed by atoms with Gasteiger partial charge in [-0.3, -0.25) is 9.69 Å². The summed E-state index contributed by atoms with van der Waals surface area (Å²) in [7, 11) is 1.60. The molecule has 1 atom stereocenters. The number of nitrogens with zero attached hydrogens (tertiary/aromatic N) is 4. The Morgan fingerprint density at radius 2 is 1.84 bits per heavy atom. The number of aldehydes is 1. The van der Waals surface area contributed by atoms with E-state index < -0.39 is 5.41 Å². The second kappa shape index (κ2) is 14.6. The van der Waals surface area contributed by atoms with Crippen molar-refractivity contribution < 1.29 is 19.4 Å². The molecule has 9 nitrogen and oxygen atoms in total. The molecule has 0 spiro atoms. The molecule has 1 aliphatic heterocycles. The summed E-state index contributed by atoms with van der Waals surface area (Å²) in [6.07, 6.45) is 3.27. The molecule has 0 bridgehead atoms. The van der Waals surface area contributed by atoms with Crippen LogP contribution in [0, 0.1) is 10.8 Å². The molecule has 2 aromatic carbocycles. The minimum absolute atomic E-state index is 0.108. The smallest absolute Gasteiger partial charge is 0.228 e. The monoisotopic (exact) mass is 635 g/mol. The minimum atomic E-state index is -0.549. The second-order valence-corrected chi connectivity index (χ2v) is 13.1. The molecule has 0 saturated carbocycles. The number of aromatic nitrogens is 2. The molecule has 4 rings (SSSR count). The summed E-state index contributed by atoms with van der Waals surface area (Å²) >= 11 is 6.40. The third kappa shape index (κ3) is 7.94. The molecule has 1 saturated heterocycles. The van der Waals surface area contributed by atoms with Crippen LogP contribution in [0.5, 0.6) is 5.75 Å². The number of methoxy groups -OCH3 is 1. The maximum Gasteiger partial charge on any atom is 0.228 e. The lowest BCUT2D eigenvalue weighted by atomic mass is 9.86. The number of hydrogen-bond acceptors (Lipinski definition) is 7. The predicted octanol–water partition coefficient (Wildman–Crippen LogP) is 6.35. The van der Waals surface area contributed by atoms with Crippen molar-refractivity contribution >= 4 is 46.1 Å². The number of nitrogens with one attached hydrogen (secondary N) is 1. The van der Waals surface area contributed by atoms with Crippen LogP contribution in [0.15, 0.2) is 42.2 Å². The van der Waals surface area contributed by atoms with Crippen molar-refractivity contribution in [2.75, 3.05) is 33.3 Å². The Morgan fingerprint density at radius 1 is 1.13 bits per heavy atom. The number of aliphatic hydroxyl groups is 1. The summed E-state index contributed by atoms with van der Waals surface area (Å²) in [6, 6.07) is 12.0. The van der Waals surface area contributed by atoms with Gasteiger partial charge in [-0.1, -0.05) is 37.6 Å². The highest BCUT2D eigenvalue weighted by atomic mass is 35.5. The molecule has 45 heavy (non-hydrogen) atoms. The average Bonchev–Trinajstić information content (AvgIpc) is 3.34. The number of halogens is 1. The van der Waals surface area contributed by atoms with Crippen LogP contribution < -0.4 is 4.74 Å². The number of imidazole rings is 1. The number of benzene rings is 2. The lowest BCUT2D eigenvalue weighted by Gasteiger charge is -2.41. The van der Waals surface area contributed by atoms with Gasteiger partial charge in [0.15, 0.2) is 0 Å². The number of fused-ring (bicyclic) bond motifs is 1. The average molecular weight is 636 g/mol. The fraction of sp³-hybridized carbons (Fsp3) is 0.486. The van der Waals surface area contributed by atoms with Gasteiger partial charge in [0, 0.05) is 68.3 Å². The van der Waals surface area contributed by atoms with Crippen molar-refractivity contribution in [1.82, 2.24) is 19.4 Å². The molecule has 2 N–H and O–H groups in total. The number of carbonyl (C=O) groups excluding carboxylic acids is 2. The van der Waals surface area contributed by atoms with Crippen LogP contribution in [-0.2, 0) is 29.0 Å². The standard InChI is InChI=1S/C35H46ClN5O4/c1-23(39-15-17-40(18-16-39)34(44)35(4,5)14-7-19-42)22-41-30-11-10-27(33(24(2)37)25(3)43)21-29(30)38-32(41)13-9-26-8-12-31(45-6)28(36)20-26/h8,10-12,19-21,23,37,43H,7,9,13-18,22H2,1-6H3/b33-25+,37-24?. The highest BCUT2D eigenvalue weighted by Gasteiger charge is 2.34. The fourth-order valence-corrected chi connectivity index (χ4v) is 6.53. The molecule has 1 aromatic heterocycles. The topological polar surface area (TPSA) is 112 Å². The van der Waals surface area contributed by atoms with Gasteiger partial charge >= 0.3 is 0 Å². The minimum Gasteiger partial charge on any atom is -0.512 e. The highest BCUT2D eigenvalue weighted by molar-refractivity contribution is 6.32. The summed E-state index contributed by atoms with van der Waals surface area (Å²) in [5.41, 5.74) is 3.92. The number of rotatable bonds is 13. The first-order valence-electron chi connectivity index (χ1n) is 15.6. The van der Waals surface area contributed by atoms with E-state index in [9.17, 15) is 14.7 Å². The van der Waals surface area contributed by atoms with Crippen molar-refractivity contribution in [3.05, 3.63) is 64.1 Å². The summed E-state index contributed by atoms with van der Waals surface area (Å²) in [5, 5.41) is 19.0. The number of ether oxygens (including phenoxy) is 1. The van der Waals surface area contributed by atoms with E-state index in [1.54, 1.807) is 21.0 Å². The summed E-state index contributed by atoms with van der Waals surface area (Å²) < 4.78 is 7.59. The zero-order valence-electron chi connectivity index (χ0n) is 27.3. The first-order chi connectivity index (χ1) is 21.4. The molecule has 1 aliphatic rings. The number of hydrogen-bond donors (Lipinski definition) is 2. The molecular weight excluding hydrogens is 590 g/mol. The Bertz CT molecular complexity index is 1580. The van der Waals surface area contributed by atoms with Crippen LogP contribution in [0.25, 0.3) is 16.6 Å². The number of aliphatic hydroxyl groups excluding tert-OH is 1. The normalized spacial score (nSPS) is 15.6. The number of aryl methyl sites for hydroxylation is 2. The van der Waals surface area contributed by atoms with E-state index in [1.165, 1.54) is 0 Å². The number of carbonyl (C=O) groups is 2. The third-order valence-electron chi connectivity index (χ3n) is 8.84. The van der Waals surface area contributed by atoms with Gasteiger partial charge in [-0.25, -0.2) is 4.98 Å². The van der Waals surface area contributed by atoms with Gasteiger partial charge in [0.2, 0.25) is 5.91 Å². The van der Waals surface area contributed by atoms with E-state index in [4.69, 9.17) is 26.7 Å². The summed E-state index contributed by atoms with van der Waals surface area (Å²) in [6.45, 7) is 12.9.